The first-order valence-corrected chi connectivity index (χ1v) is 12.0. The Kier molecular flexibility index (Phi) is 8.14. The van der Waals surface area contributed by atoms with Gasteiger partial charge in [0, 0.05) is 31.3 Å². The number of thioether (sulfide) groups is 1. The van der Waals surface area contributed by atoms with E-state index < -0.39 is 45.8 Å². The van der Waals surface area contributed by atoms with Crippen LogP contribution >= 0.6 is 23.4 Å². The zero-order valence-electron chi connectivity index (χ0n) is 18.8. The Hall–Kier alpha value is -2.32. The fourth-order valence-corrected chi connectivity index (χ4v) is 5.11. The third-order valence-electron chi connectivity index (χ3n) is 5.02. The number of hydrogen-bond donors (Lipinski definition) is 1. The summed E-state index contributed by atoms with van der Waals surface area (Å²) in [5, 5.41) is 1.88. The Bertz CT molecular complexity index is 1060. The number of nitrogens with one attached hydrogen (secondary N) is 1. The second-order valence-corrected chi connectivity index (χ2v) is 11.2. The van der Waals surface area contributed by atoms with Gasteiger partial charge in [-0.05, 0) is 27.2 Å². The monoisotopic (exact) mass is 519 g/mol. The van der Waals surface area contributed by atoms with Gasteiger partial charge in [-0.15, -0.1) is 23.4 Å². The summed E-state index contributed by atoms with van der Waals surface area (Å²) in [7, 11) is 0. The maximum absolute atomic E-state index is 13.8. The molecule has 3 unspecified atom stereocenters. The molecule has 3 heterocycles. The second kappa shape index (κ2) is 10.5. The molecule has 0 aliphatic carbocycles. The van der Waals surface area contributed by atoms with Crippen LogP contribution in [0.4, 0.5) is 23.7 Å². The first-order valence-electron chi connectivity index (χ1n) is 10.6. The van der Waals surface area contributed by atoms with Crippen LogP contribution in [0.15, 0.2) is 17.1 Å². The maximum atomic E-state index is 13.8. The molecule has 2 aliphatic heterocycles. The van der Waals surface area contributed by atoms with Gasteiger partial charge in [0.25, 0.3) is 12.0 Å². The van der Waals surface area contributed by atoms with E-state index in [2.05, 4.69) is 17.2 Å². The van der Waals surface area contributed by atoms with Crippen molar-refractivity contribution in [3.05, 3.63) is 28.4 Å². The third kappa shape index (κ3) is 6.85. The van der Waals surface area contributed by atoms with Crippen LogP contribution in [0.25, 0.3) is 0 Å². The minimum Gasteiger partial charge on any atom is -0.444 e. The van der Waals surface area contributed by atoms with Gasteiger partial charge in [-0.2, -0.15) is 0 Å². The van der Waals surface area contributed by atoms with E-state index in [0.29, 0.717) is 24.1 Å². The van der Waals surface area contributed by atoms with Crippen molar-refractivity contribution in [2.75, 3.05) is 18.4 Å². The SMILES string of the molecule is CC(C)(C)OC(=O)N1CC(C#CC2CC(C(=O)Nc3cc(F)c(=O)n(CC(F)F)c3)SC2Cl)C1. The molecule has 3 rings (SSSR count). The van der Waals surface area contributed by atoms with Gasteiger partial charge >= 0.3 is 6.09 Å². The summed E-state index contributed by atoms with van der Waals surface area (Å²) in [6, 6.07) is 0.796. The van der Waals surface area contributed by atoms with Crippen LogP contribution < -0.4 is 10.9 Å². The van der Waals surface area contributed by atoms with Crippen LogP contribution in [0.5, 0.6) is 0 Å². The molecule has 7 nitrogen and oxygen atoms in total. The molecule has 1 aromatic rings. The first-order chi connectivity index (χ1) is 15.8. The molecule has 34 heavy (non-hydrogen) atoms. The van der Waals surface area contributed by atoms with Gasteiger partial charge in [-0.1, -0.05) is 11.8 Å². The molecule has 186 valence electrons. The first kappa shape index (κ1) is 26.3. The highest BCUT2D eigenvalue weighted by molar-refractivity contribution is 8.02. The minimum atomic E-state index is -2.85. The summed E-state index contributed by atoms with van der Waals surface area (Å²) in [6.07, 6.45) is -1.90. The van der Waals surface area contributed by atoms with Crippen molar-refractivity contribution in [2.24, 2.45) is 11.8 Å². The summed E-state index contributed by atoms with van der Waals surface area (Å²) in [5.74, 6) is 4.18. The smallest absolute Gasteiger partial charge is 0.410 e. The number of carbonyl (C=O) groups excluding carboxylic acids is 2. The van der Waals surface area contributed by atoms with E-state index in [1.54, 1.807) is 25.7 Å². The lowest BCUT2D eigenvalue weighted by Crippen LogP contribution is -2.51. The number of likely N-dealkylation sites (tertiary alicyclic amines) is 1. The lowest BCUT2D eigenvalue weighted by molar-refractivity contribution is -0.115. The topological polar surface area (TPSA) is 80.6 Å². The summed E-state index contributed by atoms with van der Waals surface area (Å²) >= 11 is 7.55. The maximum Gasteiger partial charge on any atom is 0.410 e. The molecule has 12 heteroatoms. The van der Waals surface area contributed by atoms with Crippen LogP contribution in [0.2, 0.25) is 0 Å². The van der Waals surface area contributed by atoms with Crippen molar-refractivity contribution < 1.29 is 27.5 Å². The largest absolute Gasteiger partial charge is 0.444 e. The summed E-state index contributed by atoms with van der Waals surface area (Å²) in [4.78, 5) is 37.8. The fraction of sp³-hybridized carbons (Fsp3) is 0.591. The highest BCUT2D eigenvalue weighted by Gasteiger charge is 2.38. The summed E-state index contributed by atoms with van der Waals surface area (Å²) in [6.45, 7) is 5.32. The minimum absolute atomic E-state index is 0.00637. The van der Waals surface area contributed by atoms with Crippen molar-refractivity contribution >= 4 is 41.1 Å². The number of alkyl halides is 3. The van der Waals surface area contributed by atoms with Crippen LogP contribution in [-0.2, 0) is 16.1 Å². The molecule has 0 radical (unpaired) electrons. The van der Waals surface area contributed by atoms with Crippen molar-refractivity contribution in [2.45, 2.75) is 55.7 Å². The lowest BCUT2D eigenvalue weighted by Gasteiger charge is -2.37. The van der Waals surface area contributed by atoms with Crippen LogP contribution in [0, 0.1) is 29.5 Å². The van der Waals surface area contributed by atoms with Crippen molar-refractivity contribution in [3.63, 3.8) is 0 Å². The quantitative estimate of drug-likeness (QED) is 0.484. The van der Waals surface area contributed by atoms with E-state index in [1.807, 2.05) is 0 Å². The van der Waals surface area contributed by atoms with Gasteiger partial charge in [0.15, 0.2) is 5.82 Å². The molecule has 0 aromatic carbocycles. The van der Waals surface area contributed by atoms with E-state index in [4.69, 9.17) is 16.3 Å². The normalized spacial score (nSPS) is 22.7. The molecule has 2 aliphatic rings. The van der Waals surface area contributed by atoms with E-state index >= 15 is 0 Å². The number of amides is 2. The fourth-order valence-electron chi connectivity index (χ4n) is 3.38. The van der Waals surface area contributed by atoms with Crippen molar-refractivity contribution in [3.8, 4) is 11.8 Å². The molecule has 0 bridgehead atoms. The molecule has 2 saturated heterocycles. The van der Waals surface area contributed by atoms with Gasteiger partial charge in [0.2, 0.25) is 5.91 Å². The van der Waals surface area contributed by atoms with Gasteiger partial charge in [-0.25, -0.2) is 18.0 Å². The molecule has 2 amide bonds. The number of carbonyl (C=O) groups is 2. The van der Waals surface area contributed by atoms with Gasteiger partial charge in [0.1, 0.15) is 5.60 Å². The molecule has 3 atom stereocenters. The van der Waals surface area contributed by atoms with Gasteiger partial charge < -0.3 is 19.5 Å². The van der Waals surface area contributed by atoms with Crippen LogP contribution in [0.3, 0.4) is 0 Å². The predicted octanol–water partition coefficient (Wildman–Crippen LogP) is 3.75. The molecule has 0 saturated carbocycles. The van der Waals surface area contributed by atoms with Crippen LogP contribution in [0.1, 0.15) is 27.2 Å². The Labute approximate surface area is 204 Å². The predicted molar refractivity (Wildman–Crippen MR) is 123 cm³/mol. The number of aromatic nitrogens is 1. The average molecular weight is 520 g/mol. The Balaban J connectivity index is 1.54. The second-order valence-electron chi connectivity index (χ2n) is 9.10. The molecule has 1 N–H and O–H groups in total. The number of ether oxygens (including phenoxy) is 1. The van der Waals surface area contributed by atoms with Gasteiger partial charge in [0.05, 0.1) is 28.1 Å². The number of halogens is 4. The van der Waals surface area contributed by atoms with Gasteiger partial charge in [-0.3, -0.25) is 9.59 Å². The average Bonchev–Trinajstić information content (AvgIpc) is 3.03. The molecule has 2 fully saturated rings. The number of rotatable bonds is 4. The highest BCUT2D eigenvalue weighted by Crippen LogP contribution is 2.41. The standard InChI is InChI=1S/C22H25ClF3N3O4S/c1-22(2,3)33-21(32)29-8-12(9-29)4-5-13-6-16(34-18(13)23)19(30)27-14-7-15(24)20(31)28(10-14)11-17(25)26/h7,10,12-13,16-18H,6,8-9,11H2,1-3H3,(H,27,30). The number of hydrogen-bond acceptors (Lipinski definition) is 5. The Morgan fingerprint density at radius 3 is 2.62 bits per heavy atom. The summed E-state index contributed by atoms with van der Waals surface area (Å²) in [5.41, 5.74) is -1.85. The molecule has 0 spiro atoms. The number of pyridine rings is 1. The Morgan fingerprint density at radius 2 is 2.00 bits per heavy atom. The number of anilines is 1. The molecular formula is C22H25ClF3N3O4S. The third-order valence-corrected chi connectivity index (χ3v) is 6.96. The van der Waals surface area contributed by atoms with Crippen molar-refractivity contribution in [1.29, 1.82) is 0 Å². The van der Waals surface area contributed by atoms with Crippen LogP contribution in [-0.4, -0.2) is 56.5 Å². The van der Waals surface area contributed by atoms with E-state index in [-0.39, 0.29) is 23.6 Å². The number of nitrogens with zero attached hydrogens (tertiary/aromatic N) is 2. The molecular weight excluding hydrogens is 495 g/mol. The zero-order chi connectivity index (χ0) is 25.2. The Morgan fingerprint density at radius 1 is 1.32 bits per heavy atom. The van der Waals surface area contributed by atoms with E-state index in [9.17, 15) is 27.6 Å². The molecule has 1 aromatic heterocycles. The highest BCUT2D eigenvalue weighted by atomic mass is 35.5. The zero-order valence-corrected chi connectivity index (χ0v) is 20.4. The van der Waals surface area contributed by atoms with E-state index in [1.165, 1.54) is 11.8 Å². The van der Waals surface area contributed by atoms with E-state index in [0.717, 1.165) is 12.3 Å². The lowest BCUT2D eigenvalue weighted by atomic mass is 9.99. The summed E-state index contributed by atoms with van der Waals surface area (Å²) < 4.78 is 44.4. The van der Waals surface area contributed by atoms with Crippen molar-refractivity contribution in [1.82, 2.24) is 9.47 Å².